The van der Waals surface area contributed by atoms with Gasteiger partial charge in [0.05, 0.1) is 0 Å². The number of nitrogens with one attached hydrogen (secondary N) is 1. The minimum atomic E-state index is -0.678. The van der Waals surface area contributed by atoms with Crippen LogP contribution in [0.2, 0.25) is 0 Å². The van der Waals surface area contributed by atoms with Crippen LogP contribution in [-0.4, -0.2) is 18.3 Å². The summed E-state index contributed by atoms with van der Waals surface area (Å²) in [5.41, 5.74) is 0.0299. The van der Waals surface area contributed by atoms with E-state index in [0.29, 0.717) is 6.54 Å². The zero-order valence-electron chi connectivity index (χ0n) is 14.4. The lowest BCUT2D eigenvalue weighted by Gasteiger charge is -2.22. The second-order valence-electron chi connectivity index (χ2n) is 7.20. The molecule has 0 aliphatic heterocycles. The second kappa shape index (κ2) is 12.6. The topological polar surface area (TPSA) is 12.0 Å². The second-order valence-corrected chi connectivity index (χ2v) is 7.20. The minimum Gasteiger partial charge on any atom is -0.309 e. The highest BCUT2D eigenvalue weighted by molar-refractivity contribution is 4.72. The molecule has 1 atom stereocenters. The highest BCUT2D eigenvalue weighted by Crippen LogP contribution is 2.13. The van der Waals surface area contributed by atoms with Crippen LogP contribution in [0.1, 0.15) is 98.3 Å². The van der Waals surface area contributed by atoms with Crippen LogP contribution in [-0.2, 0) is 0 Å². The molecule has 0 aliphatic rings. The number of unbranched alkanes of at least 4 members (excludes halogenated alkanes) is 9. The predicted octanol–water partition coefficient (Wildman–Crippen LogP) is 6.02. The molecule has 122 valence electrons. The van der Waals surface area contributed by atoms with Crippen LogP contribution in [0.3, 0.4) is 0 Å². The van der Waals surface area contributed by atoms with Crippen molar-refractivity contribution >= 4 is 0 Å². The molecule has 0 aromatic heterocycles. The maximum absolute atomic E-state index is 13.6. The lowest BCUT2D eigenvalue weighted by atomic mass is 10.0. The maximum atomic E-state index is 13.6. The molecule has 1 unspecified atom stereocenters. The quantitative estimate of drug-likeness (QED) is 0.408. The van der Waals surface area contributed by atoms with Crippen LogP contribution in [0.25, 0.3) is 0 Å². The van der Waals surface area contributed by atoms with E-state index in [2.05, 4.69) is 33.0 Å². The van der Waals surface area contributed by atoms with Crippen molar-refractivity contribution in [2.45, 2.75) is 110 Å². The molecule has 1 N–H and O–H groups in total. The summed E-state index contributed by atoms with van der Waals surface area (Å²) in [6.07, 6.45) is 13.2. The summed E-state index contributed by atoms with van der Waals surface area (Å²) < 4.78 is 13.6. The van der Waals surface area contributed by atoms with Crippen LogP contribution in [0.5, 0.6) is 0 Å². The van der Waals surface area contributed by atoms with Gasteiger partial charge in [-0.15, -0.1) is 0 Å². The normalized spacial score (nSPS) is 13.7. The zero-order valence-corrected chi connectivity index (χ0v) is 14.4. The molecule has 1 nitrogen and oxygen atoms in total. The van der Waals surface area contributed by atoms with Gasteiger partial charge >= 0.3 is 0 Å². The van der Waals surface area contributed by atoms with Crippen molar-refractivity contribution in [2.75, 3.05) is 6.54 Å². The first-order valence-electron chi connectivity index (χ1n) is 8.85. The molecule has 0 bridgehead atoms. The molecule has 0 heterocycles. The van der Waals surface area contributed by atoms with Gasteiger partial charge in [-0.1, -0.05) is 71.1 Å². The van der Waals surface area contributed by atoms with E-state index in [-0.39, 0.29) is 5.54 Å². The van der Waals surface area contributed by atoms with Crippen LogP contribution in [0.4, 0.5) is 4.39 Å². The van der Waals surface area contributed by atoms with Crippen molar-refractivity contribution in [3.63, 3.8) is 0 Å². The van der Waals surface area contributed by atoms with Crippen molar-refractivity contribution in [2.24, 2.45) is 0 Å². The monoisotopic (exact) mass is 287 g/mol. The molecule has 0 saturated carbocycles. The molecular weight excluding hydrogens is 249 g/mol. The molecule has 0 fully saturated rings. The molecule has 0 aromatic carbocycles. The van der Waals surface area contributed by atoms with Gasteiger partial charge < -0.3 is 5.32 Å². The fourth-order valence-electron chi connectivity index (χ4n) is 2.37. The minimum absolute atomic E-state index is 0.0299. The van der Waals surface area contributed by atoms with Gasteiger partial charge in [0, 0.05) is 12.1 Å². The maximum Gasteiger partial charge on any atom is 0.113 e. The van der Waals surface area contributed by atoms with E-state index in [1.165, 1.54) is 57.8 Å². The standard InChI is InChI=1S/C18H38FN/c1-5-6-7-8-9-10-11-12-13-14-15-17(19)16-20-18(2,3)4/h17,20H,5-16H2,1-4H3. The lowest BCUT2D eigenvalue weighted by molar-refractivity contribution is 0.266. The summed E-state index contributed by atoms with van der Waals surface area (Å²) >= 11 is 0. The van der Waals surface area contributed by atoms with Crippen LogP contribution < -0.4 is 5.32 Å². The molecule has 0 saturated heterocycles. The predicted molar refractivity (Wildman–Crippen MR) is 89.1 cm³/mol. The van der Waals surface area contributed by atoms with Crippen LogP contribution >= 0.6 is 0 Å². The smallest absolute Gasteiger partial charge is 0.113 e. The Bertz CT molecular complexity index is 198. The third kappa shape index (κ3) is 15.9. The van der Waals surface area contributed by atoms with Gasteiger partial charge in [0.25, 0.3) is 0 Å². The Morgan fingerprint density at radius 1 is 0.800 bits per heavy atom. The number of hydrogen-bond donors (Lipinski definition) is 1. The first-order chi connectivity index (χ1) is 9.45. The summed E-state index contributed by atoms with van der Waals surface area (Å²) in [6.45, 7) is 9.01. The number of rotatable bonds is 13. The third-order valence-corrected chi connectivity index (χ3v) is 3.72. The molecule has 0 aromatic rings. The largest absolute Gasteiger partial charge is 0.309 e. The van der Waals surface area contributed by atoms with Crippen molar-refractivity contribution in [3.8, 4) is 0 Å². The molecule has 0 aliphatic carbocycles. The Balaban J connectivity index is 3.19. The van der Waals surface area contributed by atoms with E-state index >= 15 is 0 Å². The molecule has 20 heavy (non-hydrogen) atoms. The summed E-state index contributed by atoms with van der Waals surface area (Å²) in [7, 11) is 0. The van der Waals surface area contributed by atoms with Crippen molar-refractivity contribution in [1.82, 2.24) is 5.32 Å². The number of hydrogen-bond acceptors (Lipinski definition) is 1. The Morgan fingerprint density at radius 3 is 1.70 bits per heavy atom. The average molecular weight is 288 g/mol. The number of alkyl halides is 1. The fraction of sp³-hybridized carbons (Fsp3) is 1.00. The van der Waals surface area contributed by atoms with E-state index < -0.39 is 6.17 Å². The zero-order chi connectivity index (χ0) is 15.3. The highest BCUT2D eigenvalue weighted by atomic mass is 19.1. The molecular formula is C18H38FN. The Morgan fingerprint density at radius 2 is 1.25 bits per heavy atom. The summed E-state index contributed by atoms with van der Waals surface area (Å²) in [4.78, 5) is 0. The molecule has 0 spiro atoms. The summed E-state index contributed by atoms with van der Waals surface area (Å²) in [5.74, 6) is 0. The number of halogens is 1. The van der Waals surface area contributed by atoms with Gasteiger partial charge in [0.1, 0.15) is 6.17 Å². The lowest BCUT2D eigenvalue weighted by Crippen LogP contribution is -2.39. The highest BCUT2D eigenvalue weighted by Gasteiger charge is 2.12. The van der Waals surface area contributed by atoms with Gasteiger partial charge in [-0.2, -0.15) is 0 Å². The molecule has 0 amide bonds. The average Bonchev–Trinajstić information content (AvgIpc) is 2.38. The van der Waals surface area contributed by atoms with E-state index in [1.807, 2.05) is 0 Å². The van der Waals surface area contributed by atoms with Crippen molar-refractivity contribution in [1.29, 1.82) is 0 Å². The van der Waals surface area contributed by atoms with E-state index in [0.717, 1.165) is 12.8 Å². The SMILES string of the molecule is CCCCCCCCCCCCC(F)CNC(C)(C)C. The van der Waals surface area contributed by atoms with Crippen molar-refractivity contribution in [3.05, 3.63) is 0 Å². The van der Waals surface area contributed by atoms with E-state index in [4.69, 9.17) is 0 Å². The van der Waals surface area contributed by atoms with Gasteiger partial charge in [-0.05, 0) is 27.2 Å². The first kappa shape index (κ1) is 19.9. The molecule has 0 rings (SSSR count). The van der Waals surface area contributed by atoms with Crippen molar-refractivity contribution < 1.29 is 4.39 Å². The first-order valence-corrected chi connectivity index (χ1v) is 8.85. The van der Waals surface area contributed by atoms with Crippen LogP contribution in [0, 0.1) is 0 Å². The van der Waals surface area contributed by atoms with Gasteiger partial charge in [0.15, 0.2) is 0 Å². The Labute approximate surface area is 127 Å². The molecule has 0 radical (unpaired) electrons. The molecule has 2 heteroatoms. The van der Waals surface area contributed by atoms with Crippen LogP contribution in [0.15, 0.2) is 0 Å². The van der Waals surface area contributed by atoms with Gasteiger partial charge in [-0.3, -0.25) is 0 Å². The Hall–Kier alpha value is -0.110. The third-order valence-electron chi connectivity index (χ3n) is 3.72. The fourth-order valence-corrected chi connectivity index (χ4v) is 2.37. The van der Waals surface area contributed by atoms with Gasteiger partial charge in [0.2, 0.25) is 0 Å². The summed E-state index contributed by atoms with van der Waals surface area (Å²) in [5, 5.41) is 3.23. The van der Waals surface area contributed by atoms with Gasteiger partial charge in [-0.25, -0.2) is 4.39 Å². The Kier molecular flexibility index (Phi) is 12.5. The summed E-state index contributed by atoms with van der Waals surface area (Å²) in [6, 6.07) is 0. The van der Waals surface area contributed by atoms with E-state index in [1.54, 1.807) is 0 Å². The van der Waals surface area contributed by atoms with E-state index in [9.17, 15) is 4.39 Å².